The molecule has 20 nitrogen and oxygen atoms in total. The molecule has 14 atom stereocenters. The van der Waals surface area contributed by atoms with Gasteiger partial charge in [0.1, 0.15) is 59.4 Å². The van der Waals surface area contributed by atoms with Crippen LogP contribution in [0.5, 0.6) is 23.3 Å². The number of nitrogens with zero attached hydrogens (tertiary/aromatic N) is 6. The van der Waals surface area contributed by atoms with Crippen molar-refractivity contribution in [2.75, 3.05) is 26.3 Å². The number of hydrogen-bond acceptors (Lipinski definition) is 16. The van der Waals surface area contributed by atoms with E-state index in [1.165, 1.54) is 30.9 Å². The van der Waals surface area contributed by atoms with Crippen LogP contribution in [0.15, 0.2) is 36.4 Å². The number of carbonyl (C=O) groups excluding carboxylic acids is 6. The number of amides is 4. The Hall–Kier alpha value is -7.07. The van der Waals surface area contributed by atoms with Gasteiger partial charge >= 0.3 is 18.4 Å². The predicted molar refractivity (Wildman–Crippen MR) is 329 cm³/mol. The number of benzene rings is 2. The van der Waals surface area contributed by atoms with Crippen LogP contribution in [0.3, 0.4) is 0 Å². The van der Waals surface area contributed by atoms with E-state index in [-0.39, 0.29) is 84.3 Å². The van der Waals surface area contributed by atoms with Gasteiger partial charge in [-0.15, -0.1) is 0 Å². The highest BCUT2D eigenvalue weighted by molar-refractivity contribution is 5.94. The SMILES string of the molecule is CC[C@@H]1[C@@H]2CN(C(=O)[C@H](C(C)(C)C)NC(=O)O[C@@H]3C[C@H]3CCCCCc3nc4ccc(OCCCC(C)(C)[C@@H]5NC(=O)O[C@@H]6CC7CC7[C@H]6CCCCCc6nc7ccc(OCC(F)(F)F)cc7nc6O[C@H]6CN(C5=O)[C@H](C(C)=O)[C@@H]6C)cc4nc3O2)[C@@H]1C(C)=O. The Kier molecular flexibility index (Phi) is 19.1. The van der Waals surface area contributed by atoms with Crippen molar-refractivity contribution in [2.24, 2.45) is 46.3 Å². The first kappa shape index (κ1) is 65.4. The Labute approximate surface area is 529 Å². The van der Waals surface area contributed by atoms with E-state index >= 15 is 4.79 Å². The Morgan fingerprint density at radius 2 is 1.16 bits per heavy atom. The maximum Gasteiger partial charge on any atom is 0.422 e. The monoisotopic (exact) mass is 1270 g/mol. The summed E-state index contributed by atoms with van der Waals surface area (Å²) in [6.45, 7) is 14.9. The number of carbonyl (C=O) groups is 6. The number of alkyl halides is 3. The molecule has 23 heteroatoms. The molecular weight excluding hydrogens is 1180 g/mol. The zero-order valence-corrected chi connectivity index (χ0v) is 53.9. The Morgan fingerprint density at radius 1 is 0.615 bits per heavy atom. The Morgan fingerprint density at radius 3 is 1.77 bits per heavy atom. The molecule has 5 fully saturated rings. The lowest BCUT2D eigenvalue weighted by molar-refractivity contribution is -0.153. The topological polar surface area (TPSA) is 240 Å². The summed E-state index contributed by atoms with van der Waals surface area (Å²) in [4.78, 5) is 108. The molecule has 11 rings (SSSR count). The van der Waals surface area contributed by atoms with E-state index in [4.69, 9.17) is 48.4 Å². The van der Waals surface area contributed by atoms with Gasteiger partial charge in [-0.3, -0.25) is 19.2 Å². The van der Waals surface area contributed by atoms with Crippen LogP contribution in [0, 0.1) is 46.3 Å². The molecule has 2 aromatic carbocycles. The van der Waals surface area contributed by atoms with Crippen molar-refractivity contribution in [1.82, 2.24) is 40.4 Å². The van der Waals surface area contributed by atoms with Crippen LogP contribution >= 0.6 is 0 Å². The third kappa shape index (κ3) is 14.9. The highest BCUT2D eigenvalue weighted by Crippen LogP contribution is 2.58. The molecule has 494 valence electrons. The summed E-state index contributed by atoms with van der Waals surface area (Å²) in [6.07, 6.45) is 4.14. The number of ether oxygens (including phenoxy) is 6. The maximum absolute atomic E-state index is 15.4. The zero-order valence-electron chi connectivity index (χ0n) is 53.9. The van der Waals surface area contributed by atoms with E-state index in [1.807, 2.05) is 60.6 Å². The molecule has 2 saturated heterocycles. The summed E-state index contributed by atoms with van der Waals surface area (Å²) in [5, 5.41) is 5.89. The highest BCUT2D eigenvalue weighted by atomic mass is 19.4. The lowest BCUT2D eigenvalue weighted by Gasteiger charge is -2.38. The molecule has 4 bridgehead atoms. The van der Waals surface area contributed by atoms with Crippen molar-refractivity contribution in [1.29, 1.82) is 0 Å². The third-order valence-electron chi connectivity index (χ3n) is 20.3. The van der Waals surface area contributed by atoms with Gasteiger partial charge in [-0.1, -0.05) is 74.1 Å². The minimum atomic E-state index is -4.55. The van der Waals surface area contributed by atoms with Gasteiger partial charge in [-0.05, 0) is 150 Å². The Bertz CT molecular complexity index is 3400. The van der Waals surface area contributed by atoms with Crippen molar-refractivity contribution in [3.05, 3.63) is 47.8 Å². The largest absolute Gasteiger partial charge is 0.494 e. The number of aryl methyl sites for hydroxylation is 2. The van der Waals surface area contributed by atoms with Gasteiger partial charge < -0.3 is 48.9 Å². The summed E-state index contributed by atoms with van der Waals surface area (Å²) in [5.41, 5.74) is 1.43. The quantitative estimate of drug-likeness (QED) is 0.133. The molecule has 0 radical (unpaired) electrons. The van der Waals surface area contributed by atoms with Gasteiger partial charge in [0, 0.05) is 24.0 Å². The number of alkyl carbamates (subject to hydrolysis) is 2. The van der Waals surface area contributed by atoms with Crippen molar-refractivity contribution < 1.29 is 70.4 Å². The summed E-state index contributed by atoms with van der Waals surface area (Å²) >= 11 is 0. The van der Waals surface area contributed by atoms with Gasteiger partial charge in [-0.2, -0.15) is 13.2 Å². The molecule has 6 heterocycles. The van der Waals surface area contributed by atoms with E-state index in [1.54, 1.807) is 17.0 Å². The molecular formula is C68H89F3N8O12. The molecule has 91 heavy (non-hydrogen) atoms. The molecule has 2 unspecified atom stereocenters. The fraction of sp³-hybridized carbons (Fsp3) is 0.676. The molecule has 0 spiro atoms. The van der Waals surface area contributed by atoms with Gasteiger partial charge in [0.05, 0.1) is 53.8 Å². The van der Waals surface area contributed by atoms with Crippen LogP contribution in [-0.4, -0.2) is 146 Å². The normalized spacial score (nSPS) is 30.2. The van der Waals surface area contributed by atoms with Crippen molar-refractivity contribution >= 4 is 57.6 Å². The molecule has 2 aromatic heterocycles. The predicted octanol–water partition coefficient (Wildman–Crippen LogP) is 11.0. The Balaban J connectivity index is 0.826. The number of aromatic nitrogens is 4. The van der Waals surface area contributed by atoms with Crippen molar-refractivity contribution in [3.8, 4) is 23.3 Å². The molecule has 3 aliphatic carbocycles. The molecule has 2 N–H and O–H groups in total. The highest BCUT2D eigenvalue weighted by Gasteiger charge is 2.56. The second-order valence-electron chi connectivity index (χ2n) is 28.6. The number of ketones is 2. The van der Waals surface area contributed by atoms with Crippen LogP contribution in [0.1, 0.15) is 164 Å². The lowest BCUT2D eigenvalue weighted by Crippen LogP contribution is -2.58. The zero-order chi connectivity index (χ0) is 64.8. The van der Waals surface area contributed by atoms with Gasteiger partial charge in [0.15, 0.2) is 18.2 Å². The van der Waals surface area contributed by atoms with E-state index < -0.39 is 84.0 Å². The number of fused-ring (bicyclic) bond motifs is 12. The van der Waals surface area contributed by atoms with Crippen molar-refractivity contribution in [2.45, 2.75) is 220 Å². The number of hydrogen-bond donors (Lipinski definition) is 2. The number of halogens is 3. The summed E-state index contributed by atoms with van der Waals surface area (Å²) in [5.74, 6) is 0.0579. The number of rotatable bonds is 11. The van der Waals surface area contributed by atoms with E-state index in [2.05, 4.69) is 10.6 Å². The van der Waals surface area contributed by atoms with E-state index in [0.29, 0.717) is 83.5 Å². The first-order chi connectivity index (χ1) is 43.2. The first-order valence-corrected chi connectivity index (χ1v) is 33.1. The van der Waals surface area contributed by atoms with Gasteiger partial charge in [0.2, 0.25) is 23.6 Å². The number of Topliss-reactive ketones (excluding diaryl/α,β-unsaturated/α-hetero) is 2. The third-order valence-corrected chi connectivity index (χ3v) is 20.3. The molecule has 3 saturated carbocycles. The molecule has 7 aliphatic rings. The molecule has 4 aromatic rings. The van der Waals surface area contributed by atoms with Gasteiger partial charge in [-0.25, -0.2) is 29.5 Å². The van der Waals surface area contributed by atoms with Crippen LogP contribution < -0.4 is 29.6 Å². The van der Waals surface area contributed by atoms with E-state index in [0.717, 1.165) is 70.6 Å². The second-order valence-corrected chi connectivity index (χ2v) is 28.6. The average molecular weight is 1270 g/mol. The fourth-order valence-corrected chi connectivity index (χ4v) is 15.2. The first-order valence-electron chi connectivity index (χ1n) is 33.1. The fourth-order valence-electron chi connectivity index (χ4n) is 15.2. The lowest BCUT2D eigenvalue weighted by atomic mass is 9.79. The minimum absolute atomic E-state index is 0.0371. The summed E-state index contributed by atoms with van der Waals surface area (Å²) in [6, 6.07) is 6.00. The van der Waals surface area contributed by atoms with Crippen LogP contribution in [0.25, 0.3) is 22.1 Å². The molecule has 4 amide bonds. The van der Waals surface area contributed by atoms with Crippen molar-refractivity contribution in [3.63, 3.8) is 0 Å². The summed E-state index contributed by atoms with van der Waals surface area (Å²) in [7, 11) is 0. The minimum Gasteiger partial charge on any atom is -0.494 e. The average Bonchev–Trinajstić information content (AvgIpc) is 1.66. The summed E-state index contributed by atoms with van der Waals surface area (Å²) < 4.78 is 76.7. The van der Waals surface area contributed by atoms with Crippen LogP contribution in [-0.2, 0) is 41.5 Å². The second kappa shape index (κ2) is 26.5. The van der Waals surface area contributed by atoms with E-state index in [9.17, 15) is 37.1 Å². The smallest absolute Gasteiger partial charge is 0.422 e. The number of nitrogens with one attached hydrogen (secondary N) is 2. The molecule has 4 aliphatic heterocycles. The maximum atomic E-state index is 15.4. The van der Waals surface area contributed by atoms with Gasteiger partial charge in [0.25, 0.3) is 0 Å². The standard InChI is InChI=1S/C68H89F3N8O12/c1-10-43-55-34-79(57(43)38(4)81)62(82)58(66(5,6)7)76-64(84)90-52-29-39(52)18-13-11-15-20-49-61(89-55)75-50-31-41(22-24-46(50)73-49)86-27-17-26-67(8,9)59-63(83)78-33-54(36(2)56(78)37(3)80)88-60-48(72-47-25-23-42(32-51(47)74-60)87-35-68(69,70)71)21-16-12-14-19-44-45-28-40(45)30-53(44)91-65(85)77-59/h22-25,31-32,36,39-40,43-45,52-59H,10-21,26-30,33-35H2,1-9H3,(H,76,84)(H,77,85)/t36-,39-,40?,43-,44-,45?,52-,53-,54+,55+,56+,57-,58-,59-/m1/s1. The van der Waals surface area contributed by atoms with Crippen LogP contribution in [0.4, 0.5) is 22.8 Å². The van der Waals surface area contributed by atoms with Crippen LogP contribution in [0.2, 0.25) is 0 Å².